The van der Waals surface area contributed by atoms with Crippen molar-refractivity contribution in [1.82, 2.24) is 9.88 Å². The van der Waals surface area contributed by atoms with Gasteiger partial charge in [0.1, 0.15) is 23.3 Å². The standard InChI is InChI=1S/C17H23BrN2O4S/c1-5-11(14-19-9-13(18)25-14)10-23-15(21)12-7-6-8-20(12)16(22)24-17(2,3)4/h5,9,12H,6-8,10H2,1-4H3/t12-/m0/s1. The summed E-state index contributed by atoms with van der Waals surface area (Å²) in [6.07, 6.45) is 4.47. The van der Waals surface area contributed by atoms with E-state index in [1.807, 2.05) is 13.0 Å². The highest BCUT2D eigenvalue weighted by Crippen LogP contribution is 2.26. The van der Waals surface area contributed by atoms with E-state index in [9.17, 15) is 9.59 Å². The number of ether oxygens (including phenoxy) is 2. The van der Waals surface area contributed by atoms with Crippen molar-refractivity contribution in [1.29, 1.82) is 0 Å². The van der Waals surface area contributed by atoms with Crippen LogP contribution in [0.1, 0.15) is 45.5 Å². The molecule has 1 saturated heterocycles. The first-order chi connectivity index (χ1) is 11.7. The van der Waals surface area contributed by atoms with Crippen LogP contribution in [0, 0.1) is 0 Å². The summed E-state index contributed by atoms with van der Waals surface area (Å²) in [5.41, 5.74) is 0.246. The molecule has 2 rings (SSSR count). The normalized spacial score (nSPS) is 18.4. The van der Waals surface area contributed by atoms with E-state index in [1.165, 1.54) is 16.2 Å². The molecule has 1 aromatic rings. The number of carbonyl (C=O) groups excluding carboxylic acids is 2. The van der Waals surface area contributed by atoms with E-state index >= 15 is 0 Å². The number of nitrogens with zero attached hydrogens (tertiary/aromatic N) is 2. The molecule has 1 fully saturated rings. The molecule has 138 valence electrons. The van der Waals surface area contributed by atoms with Gasteiger partial charge in [-0.1, -0.05) is 6.08 Å². The minimum Gasteiger partial charge on any atom is -0.459 e. The van der Waals surface area contributed by atoms with Gasteiger partial charge in [0.2, 0.25) is 0 Å². The molecule has 1 atom stereocenters. The van der Waals surface area contributed by atoms with E-state index < -0.39 is 23.7 Å². The molecule has 1 aliphatic rings. The Morgan fingerprint density at radius 3 is 2.76 bits per heavy atom. The van der Waals surface area contributed by atoms with Gasteiger partial charge in [0.05, 0.1) is 9.98 Å². The molecular formula is C17H23BrN2O4S. The minimum absolute atomic E-state index is 0.133. The lowest BCUT2D eigenvalue weighted by Crippen LogP contribution is -2.44. The number of likely N-dealkylation sites (tertiary alicyclic amines) is 1. The fourth-order valence-electron chi connectivity index (χ4n) is 2.47. The predicted molar refractivity (Wildman–Crippen MR) is 100 cm³/mol. The van der Waals surface area contributed by atoms with E-state index in [2.05, 4.69) is 20.9 Å². The number of allylic oxidation sites excluding steroid dienone is 1. The number of thiazole rings is 1. The Balaban J connectivity index is 1.96. The Labute approximate surface area is 160 Å². The second-order valence-corrected chi connectivity index (χ2v) is 9.13. The zero-order chi connectivity index (χ0) is 18.6. The number of halogens is 1. The van der Waals surface area contributed by atoms with Gasteiger partial charge in [-0.2, -0.15) is 0 Å². The zero-order valence-corrected chi connectivity index (χ0v) is 17.3. The monoisotopic (exact) mass is 430 g/mol. The van der Waals surface area contributed by atoms with Crippen molar-refractivity contribution in [3.63, 3.8) is 0 Å². The second kappa shape index (κ2) is 8.31. The van der Waals surface area contributed by atoms with Crippen LogP contribution in [0.4, 0.5) is 4.79 Å². The van der Waals surface area contributed by atoms with Crippen molar-refractivity contribution in [3.8, 4) is 0 Å². The van der Waals surface area contributed by atoms with Gasteiger partial charge in [0.25, 0.3) is 0 Å². The number of hydrogen-bond donors (Lipinski definition) is 0. The number of rotatable bonds is 4. The Kier molecular flexibility index (Phi) is 6.62. The number of esters is 1. The van der Waals surface area contributed by atoms with Crippen LogP contribution in [0.25, 0.3) is 5.57 Å². The third-order valence-electron chi connectivity index (χ3n) is 3.62. The fourth-order valence-corrected chi connectivity index (χ4v) is 3.73. The maximum Gasteiger partial charge on any atom is 0.411 e. The van der Waals surface area contributed by atoms with Crippen LogP contribution in [0.3, 0.4) is 0 Å². The minimum atomic E-state index is -0.593. The van der Waals surface area contributed by atoms with Gasteiger partial charge in [0.15, 0.2) is 0 Å². The van der Waals surface area contributed by atoms with E-state index in [1.54, 1.807) is 27.0 Å². The summed E-state index contributed by atoms with van der Waals surface area (Å²) in [6.45, 7) is 7.93. The van der Waals surface area contributed by atoms with Crippen LogP contribution >= 0.6 is 27.3 Å². The molecule has 0 unspecified atom stereocenters. The van der Waals surface area contributed by atoms with Crippen LogP contribution < -0.4 is 0 Å². The van der Waals surface area contributed by atoms with Crippen LogP contribution in [-0.2, 0) is 14.3 Å². The van der Waals surface area contributed by atoms with Gasteiger partial charge in [-0.25, -0.2) is 14.6 Å². The molecule has 0 spiro atoms. The maximum absolute atomic E-state index is 12.5. The summed E-state index contributed by atoms with van der Waals surface area (Å²) in [4.78, 5) is 30.5. The molecule has 6 nitrogen and oxygen atoms in total. The van der Waals surface area contributed by atoms with E-state index in [0.717, 1.165) is 20.8 Å². The van der Waals surface area contributed by atoms with Crippen LogP contribution in [-0.4, -0.2) is 46.7 Å². The third kappa shape index (κ3) is 5.54. The Morgan fingerprint density at radius 2 is 2.20 bits per heavy atom. The molecular weight excluding hydrogens is 408 g/mol. The first kappa shape index (κ1) is 19.9. The van der Waals surface area contributed by atoms with Gasteiger partial charge in [0, 0.05) is 12.1 Å². The van der Waals surface area contributed by atoms with Gasteiger partial charge >= 0.3 is 12.1 Å². The molecule has 1 aromatic heterocycles. The van der Waals surface area contributed by atoms with E-state index in [0.29, 0.717) is 13.0 Å². The molecule has 0 saturated carbocycles. The Morgan fingerprint density at radius 1 is 1.48 bits per heavy atom. The van der Waals surface area contributed by atoms with Crippen molar-refractivity contribution in [2.45, 2.75) is 52.2 Å². The molecule has 1 amide bonds. The molecule has 0 radical (unpaired) electrons. The number of amides is 1. The SMILES string of the molecule is CC=C(COC(=O)[C@@H]1CCCN1C(=O)OC(C)(C)C)c1ncc(Br)s1. The van der Waals surface area contributed by atoms with Gasteiger partial charge < -0.3 is 9.47 Å². The summed E-state index contributed by atoms with van der Waals surface area (Å²) < 4.78 is 11.7. The quantitative estimate of drug-likeness (QED) is 0.667. The highest BCUT2D eigenvalue weighted by molar-refractivity contribution is 9.11. The molecule has 0 aromatic carbocycles. The average Bonchev–Trinajstić information content (AvgIpc) is 3.15. The van der Waals surface area contributed by atoms with Gasteiger partial charge in [-0.05, 0) is 56.5 Å². The highest BCUT2D eigenvalue weighted by Gasteiger charge is 2.37. The number of hydrogen-bond acceptors (Lipinski definition) is 6. The predicted octanol–water partition coefficient (Wildman–Crippen LogP) is 4.25. The smallest absolute Gasteiger partial charge is 0.411 e. The molecule has 25 heavy (non-hydrogen) atoms. The Bertz CT molecular complexity index is 666. The van der Waals surface area contributed by atoms with Crippen molar-refractivity contribution < 1.29 is 19.1 Å². The summed E-state index contributed by atoms with van der Waals surface area (Å²) >= 11 is 4.85. The topological polar surface area (TPSA) is 68.7 Å². The summed E-state index contributed by atoms with van der Waals surface area (Å²) in [5.74, 6) is -0.404. The molecule has 0 bridgehead atoms. The first-order valence-corrected chi connectivity index (χ1v) is 9.75. The van der Waals surface area contributed by atoms with Crippen molar-refractivity contribution in [3.05, 3.63) is 21.1 Å². The molecule has 0 N–H and O–H groups in total. The lowest BCUT2D eigenvalue weighted by atomic mass is 10.2. The molecule has 2 heterocycles. The number of carbonyl (C=O) groups is 2. The second-order valence-electron chi connectivity index (χ2n) is 6.72. The largest absolute Gasteiger partial charge is 0.459 e. The summed E-state index contributed by atoms with van der Waals surface area (Å²) in [6, 6.07) is -0.587. The average molecular weight is 431 g/mol. The number of aromatic nitrogens is 1. The first-order valence-electron chi connectivity index (χ1n) is 8.14. The van der Waals surface area contributed by atoms with Crippen molar-refractivity contribution in [2.24, 2.45) is 0 Å². The molecule has 8 heteroatoms. The van der Waals surface area contributed by atoms with Gasteiger partial charge in [-0.3, -0.25) is 4.90 Å². The van der Waals surface area contributed by atoms with Crippen LogP contribution in [0.5, 0.6) is 0 Å². The van der Waals surface area contributed by atoms with Gasteiger partial charge in [-0.15, -0.1) is 11.3 Å². The molecule has 1 aliphatic heterocycles. The molecule has 0 aliphatic carbocycles. The summed E-state index contributed by atoms with van der Waals surface area (Å²) in [5, 5.41) is 0.803. The highest BCUT2D eigenvalue weighted by atomic mass is 79.9. The van der Waals surface area contributed by atoms with Crippen molar-refractivity contribution in [2.75, 3.05) is 13.2 Å². The third-order valence-corrected chi connectivity index (χ3v) is 5.18. The maximum atomic E-state index is 12.5. The Hall–Kier alpha value is -1.41. The summed E-state index contributed by atoms with van der Waals surface area (Å²) in [7, 11) is 0. The van der Waals surface area contributed by atoms with Crippen molar-refractivity contribution >= 4 is 44.9 Å². The van der Waals surface area contributed by atoms with E-state index in [4.69, 9.17) is 9.47 Å². The van der Waals surface area contributed by atoms with Crippen LogP contribution in [0.15, 0.2) is 16.1 Å². The van der Waals surface area contributed by atoms with E-state index in [-0.39, 0.29) is 6.61 Å². The lowest BCUT2D eigenvalue weighted by Gasteiger charge is -2.27. The van der Waals surface area contributed by atoms with Crippen LogP contribution in [0.2, 0.25) is 0 Å². The lowest BCUT2D eigenvalue weighted by molar-refractivity contribution is -0.147. The zero-order valence-electron chi connectivity index (χ0n) is 14.9. The fraction of sp³-hybridized carbons (Fsp3) is 0.588.